The Morgan fingerprint density at radius 2 is 1.61 bits per heavy atom. The molecule has 0 aromatic carbocycles. The average Bonchev–Trinajstić information content (AvgIpc) is 3.15. The first-order valence-corrected chi connectivity index (χ1v) is 14.7. The zero-order chi connectivity index (χ0) is 26.7. The fraction of sp³-hybridized carbons (Fsp3) is 0.871. The quantitative estimate of drug-likeness (QED) is 0.301. The van der Waals surface area contributed by atoms with Gasteiger partial charge in [-0.15, -0.1) is 0 Å². The van der Waals surface area contributed by atoms with Crippen LogP contribution in [0.1, 0.15) is 118 Å². The molecule has 0 spiro atoms. The van der Waals surface area contributed by atoms with Crippen molar-refractivity contribution in [3.05, 3.63) is 11.6 Å². The molecule has 5 heteroatoms. The van der Waals surface area contributed by atoms with Gasteiger partial charge in [0.1, 0.15) is 0 Å². The Balaban J connectivity index is 0.000000392. The summed E-state index contributed by atoms with van der Waals surface area (Å²) in [7, 11) is 0. The summed E-state index contributed by atoms with van der Waals surface area (Å²) in [6.45, 7) is 12.6. The second kappa shape index (κ2) is 12.0. The fourth-order valence-corrected chi connectivity index (χ4v) is 8.88. The lowest BCUT2D eigenvalue weighted by Crippen LogP contribution is -2.50. The van der Waals surface area contributed by atoms with E-state index in [2.05, 4.69) is 40.7 Å². The normalized spacial score (nSPS) is 38.1. The standard InChI is InChI=1S/C27H46O.C4H6O4/c1-18(2)7-6-8-19(3)23-11-12-24-22-10-9-20-17-21(28)13-15-26(20,4)25(22)14-16-27(23,24)5;5-3(6)1-2-4(7)8/h9,18-19,21-25,28H,6-8,10-17H2,1-5H3;1-2H2,(H,5,6)(H,7,8)/t19?,21-,22-,23+,24-,25-,26-,27+;/m0./s1. The van der Waals surface area contributed by atoms with E-state index in [-0.39, 0.29) is 18.9 Å². The summed E-state index contributed by atoms with van der Waals surface area (Å²) in [4.78, 5) is 19.3. The second-order valence-electron chi connectivity index (χ2n) is 13.5. The van der Waals surface area contributed by atoms with Crippen LogP contribution in [-0.2, 0) is 9.59 Å². The summed E-state index contributed by atoms with van der Waals surface area (Å²) >= 11 is 0. The molecule has 8 atom stereocenters. The highest BCUT2D eigenvalue weighted by Crippen LogP contribution is 2.67. The molecule has 4 rings (SSSR count). The van der Waals surface area contributed by atoms with Crippen molar-refractivity contribution in [1.82, 2.24) is 0 Å². The van der Waals surface area contributed by atoms with Crippen LogP contribution in [0.4, 0.5) is 0 Å². The van der Waals surface area contributed by atoms with Crippen LogP contribution in [0, 0.1) is 46.3 Å². The highest BCUT2D eigenvalue weighted by Gasteiger charge is 2.59. The van der Waals surface area contributed by atoms with Gasteiger partial charge in [0.2, 0.25) is 0 Å². The van der Waals surface area contributed by atoms with E-state index in [1.165, 1.54) is 57.8 Å². The summed E-state index contributed by atoms with van der Waals surface area (Å²) in [5.41, 5.74) is 2.60. The molecule has 0 aromatic rings. The summed E-state index contributed by atoms with van der Waals surface area (Å²) in [5.74, 6) is 3.30. The number of allylic oxidation sites excluding steroid dienone is 1. The topological polar surface area (TPSA) is 94.8 Å². The Hall–Kier alpha value is -1.36. The molecule has 3 fully saturated rings. The summed E-state index contributed by atoms with van der Waals surface area (Å²) in [5, 5.41) is 26.0. The maximum absolute atomic E-state index is 10.2. The predicted molar refractivity (Wildman–Crippen MR) is 144 cm³/mol. The first-order chi connectivity index (χ1) is 16.9. The van der Waals surface area contributed by atoms with Crippen LogP contribution in [0.15, 0.2) is 11.6 Å². The second-order valence-corrected chi connectivity index (χ2v) is 13.5. The third-order valence-corrected chi connectivity index (χ3v) is 10.8. The summed E-state index contributed by atoms with van der Waals surface area (Å²) < 4.78 is 0. The molecule has 4 aliphatic rings. The number of aliphatic hydroxyl groups is 1. The van der Waals surface area contributed by atoms with Crippen LogP contribution in [-0.4, -0.2) is 33.4 Å². The highest BCUT2D eigenvalue weighted by molar-refractivity contribution is 5.75. The largest absolute Gasteiger partial charge is 0.481 e. The molecule has 36 heavy (non-hydrogen) atoms. The minimum absolute atomic E-state index is 0.0766. The Kier molecular flexibility index (Phi) is 9.74. The Bertz CT molecular complexity index is 789. The third-order valence-electron chi connectivity index (χ3n) is 10.8. The third kappa shape index (κ3) is 6.37. The van der Waals surface area contributed by atoms with E-state index in [0.717, 1.165) is 48.3 Å². The van der Waals surface area contributed by atoms with Crippen LogP contribution in [0.3, 0.4) is 0 Å². The van der Waals surface area contributed by atoms with Crippen molar-refractivity contribution in [3.63, 3.8) is 0 Å². The van der Waals surface area contributed by atoms with Crippen molar-refractivity contribution in [2.45, 2.75) is 124 Å². The Labute approximate surface area is 219 Å². The van der Waals surface area contributed by atoms with E-state index < -0.39 is 11.9 Å². The van der Waals surface area contributed by atoms with Gasteiger partial charge in [-0.05, 0) is 97.7 Å². The molecular weight excluding hydrogens is 452 g/mol. The first-order valence-electron chi connectivity index (χ1n) is 14.7. The first kappa shape index (κ1) is 29.2. The molecular formula is C31H52O5. The molecule has 0 amide bonds. The Morgan fingerprint density at radius 1 is 0.944 bits per heavy atom. The number of fused-ring (bicyclic) bond motifs is 5. The molecule has 0 aliphatic heterocycles. The number of aliphatic carboxylic acids is 2. The molecule has 3 N–H and O–H groups in total. The molecule has 3 saturated carbocycles. The number of rotatable bonds is 8. The lowest BCUT2D eigenvalue weighted by molar-refractivity contribution is -0.143. The van der Waals surface area contributed by atoms with Gasteiger partial charge >= 0.3 is 11.9 Å². The lowest BCUT2D eigenvalue weighted by atomic mass is 9.47. The van der Waals surface area contributed by atoms with E-state index in [4.69, 9.17) is 10.2 Å². The van der Waals surface area contributed by atoms with Crippen LogP contribution in [0.2, 0.25) is 0 Å². The zero-order valence-electron chi connectivity index (χ0n) is 23.5. The minimum Gasteiger partial charge on any atom is -0.481 e. The van der Waals surface area contributed by atoms with Crippen molar-refractivity contribution in [3.8, 4) is 0 Å². The molecule has 4 aliphatic carbocycles. The van der Waals surface area contributed by atoms with Crippen LogP contribution in [0.5, 0.6) is 0 Å². The highest BCUT2D eigenvalue weighted by atomic mass is 16.4. The van der Waals surface area contributed by atoms with Gasteiger partial charge in [0.15, 0.2) is 0 Å². The summed E-state index contributed by atoms with van der Waals surface area (Å²) in [6.07, 6.45) is 16.6. The maximum Gasteiger partial charge on any atom is 0.303 e. The number of carboxylic acid groups (broad SMARTS) is 2. The fourth-order valence-electron chi connectivity index (χ4n) is 8.88. The molecule has 1 unspecified atom stereocenters. The maximum atomic E-state index is 10.2. The molecule has 206 valence electrons. The molecule has 0 saturated heterocycles. The van der Waals surface area contributed by atoms with Gasteiger partial charge in [0, 0.05) is 0 Å². The van der Waals surface area contributed by atoms with Crippen molar-refractivity contribution < 1.29 is 24.9 Å². The number of hydrogen-bond donors (Lipinski definition) is 3. The number of carbonyl (C=O) groups is 2. The monoisotopic (exact) mass is 504 g/mol. The smallest absolute Gasteiger partial charge is 0.303 e. The van der Waals surface area contributed by atoms with Crippen molar-refractivity contribution in [1.29, 1.82) is 0 Å². The molecule has 0 radical (unpaired) electrons. The van der Waals surface area contributed by atoms with E-state index >= 15 is 0 Å². The lowest BCUT2D eigenvalue weighted by Gasteiger charge is -2.58. The van der Waals surface area contributed by atoms with Gasteiger partial charge in [0.25, 0.3) is 0 Å². The van der Waals surface area contributed by atoms with Crippen molar-refractivity contribution in [2.75, 3.05) is 0 Å². The van der Waals surface area contributed by atoms with Gasteiger partial charge in [-0.3, -0.25) is 9.59 Å². The van der Waals surface area contributed by atoms with Crippen LogP contribution in [0.25, 0.3) is 0 Å². The van der Waals surface area contributed by atoms with Crippen molar-refractivity contribution >= 4 is 11.9 Å². The van der Waals surface area contributed by atoms with E-state index in [9.17, 15) is 14.7 Å². The van der Waals surface area contributed by atoms with Gasteiger partial charge in [-0.25, -0.2) is 0 Å². The summed E-state index contributed by atoms with van der Waals surface area (Å²) in [6, 6.07) is 0. The van der Waals surface area contributed by atoms with Gasteiger partial charge in [-0.1, -0.05) is 65.5 Å². The molecule has 0 bridgehead atoms. The SMILES string of the molecule is CC(C)CCCC(C)[C@H]1CC[C@H]2[C@@H]3CC=C4C[C@@H](O)CC[C@]4(C)[C@H]3CC[C@]12C.O=C(O)CCC(=O)O. The van der Waals surface area contributed by atoms with E-state index in [0.29, 0.717) is 10.8 Å². The molecule has 0 heterocycles. The minimum atomic E-state index is -1.08. The van der Waals surface area contributed by atoms with Gasteiger partial charge in [-0.2, -0.15) is 0 Å². The molecule has 5 nitrogen and oxygen atoms in total. The zero-order valence-corrected chi connectivity index (χ0v) is 23.5. The van der Waals surface area contributed by atoms with Crippen LogP contribution >= 0.6 is 0 Å². The number of aliphatic hydroxyl groups excluding tert-OH is 1. The molecule has 0 aromatic heterocycles. The average molecular weight is 505 g/mol. The van der Waals surface area contributed by atoms with Gasteiger partial charge < -0.3 is 15.3 Å². The predicted octanol–water partition coefficient (Wildman–Crippen LogP) is 7.32. The van der Waals surface area contributed by atoms with Gasteiger partial charge in [0.05, 0.1) is 18.9 Å². The van der Waals surface area contributed by atoms with E-state index in [1.807, 2.05) is 0 Å². The Morgan fingerprint density at radius 3 is 2.22 bits per heavy atom. The number of carboxylic acids is 2. The number of hydrogen-bond acceptors (Lipinski definition) is 3. The van der Waals surface area contributed by atoms with Crippen LogP contribution < -0.4 is 0 Å². The van der Waals surface area contributed by atoms with E-state index in [1.54, 1.807) is 5.57 Å². The van der Waals surface area contributed by atoms with Crippen molar-refractivity contribution in [2.24, 2.45) is 46.3 Å².